The number of piperidine rings is 1. The van der Waals surface area contributed by atoms with Gasteiger partial charge in [0.25, 0.3) is 0 Å². The molecule has 1 aromatic carbocycles. The van der Waals surface area contributed by atoms with Crippen LogP contribution in [-0.4, -0.2) is 82.3 Å². The van der Waals surface area contributed by atoms with Gasteiger partial charge in [-0.1, -0.05) is 12.1 Å². The summed E-state index contributed by atoms with van der Waals surface area (Å²) in [5, 5.41) is 6.79. The summed E-state index contributed by atoms with van der Waals surface area (Å²) >= 11 is 0. The summed E-state index contributed by atoms with van der Waals surface area (Å²) in [5.74, 6) is 1.04. The minimum Gasteiger partial charge on any atom is -0.379 e. The summed E-state index contributed by atoms with van der Waals surface area (Å²) in [6.45, 7) is 6.87. The molecule has 1 aromatic rings. The highest BCUT2D eigenvalue weighted by atomic mass is 19.4. The van der Waals surface area contributed by atoms with Crippen LogP contribution < -0.4 is 10.6 Å². The first kappa shape index (κ1) is 23.8. The third kappa shape index (κ3) is 6.82. The van der Waals surface area contributed by atoms with E-state index in [1.54, 1.807) is 19.2 Å². The van der Waals surface area contributed by atoms with E-state index >= 15 is 0 Å². The van der Waals surface area contributed by atoms with Crippen LogP contribution in [0.2, 0.25) is 0 Å². The fraction of sp³-hybridized carbons (Fsp3) is 0.682. The number of hydrogen-bond acceptors (Lipinski definition) is 4. The van der Waals surface area contributed by atoms with Crippen LogP contribution >= 0.6 is 0 Å². The summed E-state index contributed by atoms with van der Waals surface area (Å²) < 4.78 is 44.2. The first-order valence-electron chi connectivity index (χ1n) is 11.0. The molecule has 9 heteroatoms. The monoisotopic (exact) mass is 441 g/mol. The number of nitrogens with one attached hydrogen (secondary N) is 2. The third-order valence-corrected chi connectivity index (χ3v) is 6.17. The van der Waals surface area contributed by atoms with E-state index in [2.05, 4.69) is 25.4 Å². The maximum Gasteiger partial charge on any atom is 0.416 e. The average Bonchev–Trinajstić information content (AvgIpc) is 2.76. The normalized spacial score (nSPS) is 24.2. The van der Waals surface area contributed by atoms with Gasteiger partial charge in [-0.05, 0) is 50.0 Å². The number of morpholine rings is 1. The standard InChI is InChI=1S/C22H34F3N5O/c1-26-21(27-9-11-30-12-14-31-15-13-30)28-16-18-4-3-10-29(2)20(18)17-5-7-19(8-6-17)22(23,24)25/h5-8,18,20H,3-4,9-16H2,1-2H3,(H2,26,27,28). The van der Waals surface area contributed by atoms with Crippen molar-refractivity contribution in [2.24, 2.45) is 10.9 Å². The summed E-state index contributed by atoms with van der Waals surface area (Å²) in [6, 6.07) is 5.70. The Morgan fingerprint density at radius 3 is 2.48 bits per heavy atom. The SMILES string of the molecule is CN=C(NCCN1CCOCC1)NCC1CCCN(C)C1c1ccc(C(F)(F)F)cc1. The Kier molecular flexibility index (Phi) is 8.57. The van der Waals surface area contributed by atoms with Crippen LogP contribution in [0.4, 0.5) is 13.2 Å². The molecule has 2 N–H and O–H groups in total. The first-order chi connectivity index (χ1) is 14.9. The number of hydrogen-bond donors (Lipinski definition) is 2. The second-order valence-electron chi connectivity index (χ2n) is 8.28. The van der Waals surface area contributed by atoms with E-state index in [0.717, 1.165) is 70.3 Å². The number of aliphatic imine (C=N–C) groups is 1. The fourth-order valence-electron chi connectivity index (χ4n) is 4.47. The summed E-state index contributed by atoms with van der Waals surface area (Å²) in [7, 11) is 3.80. The predicted molar refractivity (Wildman–Crippen MR) is 116 cm³/mol. The van der Waals surface area contributed by atoms with Crippen LogP contribution in [0.1, 0.15) is 30.0 Å². The molecular formula is C22H34F3N5O. The molecule has 174 valence electrons. The van der Waals surface area contributed by atoms with Gasteiger partial charge in [0.15, 0.2) is 5.96 Å². The zero-order valence-electron chi connectivity index (χ0n) is 18.4. The molecule has 2 atom stereocenters. The number of guanidine groups is 1. The molecule has 0 radical (unpaired) electrons. The lowest BCUT2D eigenvalue weighted by Crippen LogP contribution is -2.47. The van der Waals surface area contributed by atoms with Gasteiger partial charge in [-0.3, -0.25) is 14.8 Å². The Morgan fingerprint density at radius 1 is 1.13 bits per heavy atom. The Balaban J connectivity index is 1.55. The Morgan fingerprint density at radius 2 is 1.84 bits per heavy atom. The Hall–Kier alpha value is -1.84. The second kappa shape index (κ2) is 11.2. The van der Waals surface area contributed by atoms with Crippen molar-refractivity contribution in [2.75, 3.05) is 66.6 Å². The topological polar surface area (TPSA) is 52.1 Å². The number of benzene rings is 1. The number of likely N-dealkylation sites (tertiary alicyclic amines) is 1. The minimum atomic E-state index is -4.31. The largest absolute Gasteiger partial charge is 0.416 e. The van der Waals surface area contributed by atoms with Gasteiger partial charge in [0.2, 0.25) is 0 Å². The van der Waals surface area contributed by atoms with Crippen molar-refractivity contribution in [2.45, 2.75) is 25.1 Å². The molecule has 2 heterocycles. The van der Waals surface area contributed by atoms with Gasteiger partial charge < -0.3 is 15.4 Å². The van der Waals surface area contributed by atoms with Crippen molar-refractivity contribution in [3.63, 3.8) is 0 Å². The Labute approximate surface area is 182 Å². The molecule has 0 saturated carbocycles. The molecule has 2 saturated heterocycles. The quantitative estimate of drug-likeness (QED) is 0.525. The lowest BCUT2D eigenvalue weighted by Gasteiger charge is -2.40. The van der Waals surface area contributed by atoms with E-state index in [4.69, 9.17) is 4.74 Å². The Bertz CT molecular complexity index is 704. The minimum absolute atomic E-state index is 0.0787. The molecule has 0 aromatic heterocycles. The van der Waals surface area contributed by atoms with E-state index in [0.29, 0.717) is 6.54 Å². The third-order valence-electron chi connectivity index (χ3n) is 6.17. The molecule has 0 amide bonds. The molecule has 0 aliphatic carbocycles. The van der Waals surface area contributed by atoms with Crippen LogP contribution in [0, 0.1) is 5.92 Å². The number of alkyl halides is 3. The molecule has 0 bridgehead atoms. The molecule has 2 aliphatic rings. The summed E-state index contributed by atoms with van der Waals surface area (Å²) in [5.41, 5.74) is 0.325. The lowest BCUT2D eigenvalue weighted by atomic mass is 9.84. The maximum absolute atomic E-state index is 12.9. The van der Waals surface area contributed by atoms with Gasteiger partial charge in [0, 0.05) is 45.8 Å². The second-order valence-corrected chi connectivity index (χ2v) is 8.28. The fourth-order valence-corrected chi connectivity index (χ4v) is 4.47. The van der Waals surface area contributed by atoms with Crippen LogP contribution in [-0.2, 0) is 10.9 Å². The number of ether oxygens (including phenoxy) is 1. The van der Waals surface area contributed by atoms with E-state index in [1.807, 2.05) is 7.05 Å². The van der Waals surface area contributed by atoms with Crippen molar-refractivity contribution >= 4 is 5.96 Å². The summed E-state index contributed by atoms with van der Waals surface area (Å²) in [4.78, 5) is 8.93. The number of nitrogens with zero attached hydrogens (tertiary/aromatic N) is 3. The van der Waals surface area contributed by atoms with Crippen LogP contribution in [0.25, 0.3) is 0 Å². The summed E-state index contributed by atoms with van der Waals surface area (Å²) in [6.07, 6.45) is -2.21. The predicted octanol–water partition coefficient (Wildman–Crippen LogP) is 2.59. The van der Waals surface area contributed by atoms with E-state index < -0.39 is 11.7 Å². The zero-order chi connectivity index (χ0) is 22.3. The van der Waals surface area contributed by atoms with Gasteiger partial charge in [-0.15, -0.1) is 0 Å². The number of rotatable bonds is 6. The molecule has 2 aliphatic heterocycles. The molecule has 6 nitrogen and oxygen atoms in total. The molecular weight excluding hydrogens is 407 g/mol. The van der Waals surface area contributed by atoms with E-state index in [-0.39, 0.29) is 12.0 Å². The molecule has 3 rings (SSSR count). The molecule has 2 fully saturated rings. The average molecular weight is 442 g/mol. The van der Waals surface area contributed by atoms with Crippen molar-refractivity contribution in [1.82, 2.24) is 20.4 Å². The zero-order valence-corrected chi connectivity index (χ0v) is 18.4. The maximum atomic E-state index is 12.9. The van der Waals surface area contributed by atoms with Crippen molar-refractivity contribution in [1.29, 1.82) is 0 Å². The van der Waals surface area contributed by atoms with Crippen LogP contribution in [0.5, 0.6) is 0 Å². The highest BCUT2D eigenvalue weighted by Gasteiger charge is 2.33. The van der Waals surface area contributed by atoms with E-state index in [9.17, 15) is 13.2 Å². The highest BCUT2D eigenvalue weighted by Crippen LogP contribution is 2.36. The highest BCUT2D eigenvalue weighted by molar-refractivity contribution is 5.79. The van der Waals surface area contributed by atoms with Crippen molar-refractivity contribution < 1.29 is 17.9 Å². The molecule has 31 heavy (non-hydrogen) atoms. The first-order valence-corrected chi connectivity index (χ1v) is 11.0. The van der Waals surface area contributed by atoms with Gasteiger partial charge in [-0.2, -0.15) is 13.2 Å². The van der Waals surface area contributed by atoms with Crippen molar-refractivity contribution in [3.05, 3.63) is 35.4 Å². The van der Waals surface area contributed by atoms with Gasteiger partial charge >= 0.3 is 6.18 Å². The smallest absolute Gasteiger partial charge is 0.379 e. The molecule has 0 spiro atoms. The van der Waals surface area contributed by atoms with Crippen molar-refractivity contribution in [3.8, 4) is 0 Å². The van der Waals surface area contributed by atoms with Gasteiger partial charge in [0.05, 0.1) is 18.8 Å². The lowest BCUT2D eigenvalue weighted by molar-refractivity contribution is -0.137. The molecule has 2 unspecified atom stereocenters. The van der Waals surface area contributed by atoms with Gasteiger partial charge in [-0.25, -0.2) is 0 Å². The van der Waals surface area contributed by atoms with Crippen LogP contribution in [0.3, 0.4) is 0 Å². The van der Waals surface area contributed by atoms with Gasteiger partial charge in [0.1, 0.15) is 0 Å². The van der Waals surface area contributed by atoms with E-state index in [1.165, 1.54) is 12.1 Å². The van der Waals surface area contributed by atoms with Crippen LogP contribution in [0.15, 0.2) is 29.3 Å². The number of halogens is 3.